The molecule has 0 aromatic rings. The Balaban J connectivity index is 2.47. The molecule has 0 saturated carbocycles. The van der Waals surface area contributed by atoms with Gasteiger partial charge in [0.15, 0.2) is 5.78 Å². The van der Waals surface area contributed by atoms with Gasteiger partial charge in [-0.15, -0.1) is 0 Å². The number of ether oxygens (including phenoxy) is 1. The Morgan fingerprint density at radius 2 is 2.40 bits per heavy atom. The van der Waals surface area contributed by atoms with Crippen molar-refractivity contribution in [2.24, 2.45) is 0 Å². The van der Waals surface area contributed by atoms with Crippen LogP contribution in [0.1, 0.15) is 32.6 Å². The van der Waals surface area contributed by atoms with Crippen LogP contribution in [0, 0.1) is 0 Å². The summed E-state index contributed by atoms with van der Waals surface area (Å²) in [4.78, 5) is 22.7. The minimum absolute atomic E-state index is 0.0109. The molecule has 0 spiro atoms. The number of hydrogen-bond donors (Lipinski definition) is 1. The molecule has 1 amide bonds. The molecule has 4 heteroatoms. The van der Waals surface area contributed by atoms with E-state index in [1.54, 1.807) is 0 Å². The normalized spacial score (nSPS) is 21.3. The molecule has 0 radical (unpaired) electrons. The van der Waals surface area contributed by atoms with Crippen LogP contribution in [0.5, 0.6) is 0 Å². The molecule has 0 bridgehead atoms. The van der Waals surface area contributed by atoms with Gasteiger partial charge < -0.3 is 10.1 Å². The summed E-state index contributed by atoms with van der Waals surface area (Å²) in [6, 6.07) is 0.0109. The first kappa shape index (κ1) is 11.8. The lowest BCUT2D eigenvalue weighted by Gasteiger charge is -2.09. The Labute approximate surface area is 89.7 Å². The summed E-state index contributed by atoms with van der Waals surface area (Å²) in [7, 11) is 1.53. The number of carbonyl (C=O) groups is 2. The van der Waals surface area contributed by atoms with Crippen LogP contribution in [0.25, 0.3) is 0 Å². The van der Waals surface area contributed by atoms with Gasteiger partial charge in [0, 0.05) is 24.5 Å². The van der Waals surface area contributed by atoms with Crippen molar-refractivity contribution in [3.63, 3.8) is 0 Å². The third-order valence-corrected chi connectivity index (χ3v) is 2.52. The minimum Gasteiger partial charge on any atom is -0.504 e. The molecule has 84 valence electrons. The van der Waals surface area contributed by atoms with Gasteiger partial charge in [-0.1, -0.05) is 6.92 Å². The summed E-state index contributed by atoms with van der Waals surface area (Å²) in [5.74, 6) is 0.105. The number of amides is 1. The number of ketones is 1. The lowest BCUT2D eigenvalue weighted by molar-refractivity contribution is -0.119. The molecule has 1 atom stereocenters. The zero-order chi connectivity index (χ0) is 11.3. The molecular weight excluding hydrogens is 194 g/mol. The van der Waals surface area contributed by atoms with Gasteiger partial charge in [0.25, 0.3) is 0 Å². The molecule has 1 fully saturated rings. The van der Waals surface area contributed by atoms with Gasteiger partial charge in [-0.3, -0.25) is 9.59 Å². The van der Waals surface area contributed by atoms with Crippen molar-refractivity contribution in [1.29, 1.82) is 0 Å². The maximum absolute atomic E-state index is 11.7. The van der Waals surface area contributed by atoms with Crippen molar-refractivity contribution in [1.82, 2.24) is 5.32 Å². The van der Waals surface area contributed by atoms with Crippen LogP contribution in [0.3, 0.4) is 0 Å². The fraction of sp³-hybridized carbons (Fsp3) is 0.636. The summed E-state index contributed by atoms with van der Waals surface area (Å²) in [5.41, 5.74) is 0.679. The highest BCUT2D eigenvalue weighted by Gasteiger charge is 2.23. The Morgan fingerprint density at radius 3 is 2.87 bits per heavy atom. The van der Waals surface area contributed by atoms with Gasteiger partial charge in [-0.2, -0.15) is 0 Å². The largest absolute Gasteiger partial charge is 0.504 e. The third kappa shape index (κ3) is 3.38. The lowest BCUT2D eigenvalue weighted by Crippen LogP contribution is -2.28. The lowest BCUT2D eigenvalue weighted by atomic mass is 10.0. The third-order valence-electron chi connectivity index (χ3n) is 2.52. The average Bonchev–Trinajstić information content (AvgIpc) is 2.60. The van der Waals surface area contributed by atoms with Crippen molar-refractivity contribution >= 4 is 11.7 Å². The first-order valence-electron chi connectivity index (χ1n) is 5.21. The number of hydrogen-bond acceptors (Lipinski definition) is 3. The number of rotatable bonds is 5. The quantitative estimate of drug-likeness (QED) is 0.548. The van der Waals surface area contributed by atoms with Gasteiger partial charge in [0.1, 0.15) is 0 Å². The highest BCUT2D eigenvalue weighted by molar-refractivity contribution is 5.96. The second kappa shape index (κ2) is 5.53. The van der Waals surface area contributed by atoms with E-state index in [1.807, 2.05) is 6.92 Å². The monoisotopic (exact) mass is 211 g/mol. The molecular formula is C11H17NO3. The Kier molecular flexibility index (Phi) is 4.34. The van der Waals surface area contributed by atoms with E-state index in [0.717, 1.165) is 6.42 Å². The van der Waals surface area contributed by atoms with E-state index >= 15 is 0 Å². The predicted octanol–water partition coefficient (Wildman–Crippen LogP) is 1.16. The van der Waals surface area contributed by atoms with E-state index in [2.05, 4.69) is 5.32 Å². The molecule has 15 heavy (non-hydrogen) atoms. The number of carbonyl (C=O) groups excluding carboxylic acids is 2. The predicted molar refractivity (Wildman–Crippen MR) is 56.2 cm³/mol. The van der Waals surface area contributed by atoms with Crippen LogP contribution in [0.15, 0.2) is 11.8 Å². The van der Waals surface area contributed by atoms with Gasteiger partial charge in [0.05, 0.1) is 13.4 Å². The van der Waals surface area contributed by atoms with Gasteiger partial charge >= 0.3 is 0 Å². The summed E-state index contributed by atoms with van der Waals surface area (Å²) >= 11 is 0. The highest BCUT2D eigenvalue weighted by atomic mass is 16.5. The van der Waals surface area contributed by atoms with Crippen molar-refractivity contribution in [2.45, 2.75) is 38.6 Å². The molecule has 0 aliphatic carbocycles. The smallest absolute Gasteiger partial charge is 0.220 e. The van der Waals surface area contributed by atoms with Crippen LogP contribution in [0.4, 0.5) is 0 Å². The van der Waals surface area contributed by atoms with Gasteiger partial charge in [-0.05, 0) is 12.8 Å². The Bertz CT molecular complexity index is 284. The van der Waals surface area contributed by atoms with E-state index < -0.39 is 0 Å². The van der Waals surface area contributed by atoms with E-state index in [0.29, 0.717) is 24.8 Å². The fourth-order valence-electron chi connectivity index (χ4n) is 1.67. The number of nitrogens with one attached hydrogen (secondary N) is 1. The van der Waals surface area contributed by atoms with Crippen LogP contribution >= 0.6 is 0 Å². The summed E-state index contributed by atoms with van der Waals surface area (Å²) in [6.45, 7) is 1.91. The highest BCUT2D eigenvalue weighted by Crippen LogP contribution is 2.14. The first-order valence-corrected chi connectivity index (χ1v) is 5.21. The minimum atomic E-state index is 0.0109. The number of allylic oxidation sites excluding steroid dienone is 1. The van der Waals surface area contributed by atoms with Gasteiger partial charge in [-0.25, -0.2) is 0 Å². The van der Waals surface area contributed by atoms with Crippen LogP contribution in [-0.2, 0) is 14.3 Å². The second-order valence-electron chi connectivity index (χ2n) is 3.66. The van der Waals surface area contributed by atoms with Crippen molar-refractivity contribution in [3.8, 4) is 0 Å². The number of Topliss-reactive ketones (excluding diaryl/α,β-unsaturated/α-hetero) is 1. The van der Waals surface area contributed by atoms with Crippen LogP contribution < -0.4 is 5.32 Å². The fourth-order valence-corrected chi connectivity index (χ4v) is 1.67. The standard InChI is InChI=1S/C11H17NO3/c1-3-8(7-15-2)10(13)6-9-4-5-11(14)12-9/h7,9H,3-6H2,1-2H3,(H,12,14)/b8-7+/t9-/m0/s1. The topological polar surface area (TPSA) is 55.4 Å². The molecule has 1 N–H and O–H groups in total. The average molecular weight is 211 g/mol. The van der Waals surface area contributed by atoms with E-state index in [-0.39, 0.29) is 17.7 Å². The molecule has 1 aliphatic heterocycles. The molecule has 1 saturated heterocycles. The van der Waals surface area contributed by atoms with Crippen LogP contribution in [0.2, 0.25) is 0 Å². The zero-order valence-electron chi connectivity index (χ0n) is 9.21. The van der Waals surface area contributed by atoms with E-state index in [9.17, 15) is 9.59 Å². The Morgan fingerprint density at radius 1 is 1.67 bits per heavy atom. The van der Waals surface area contributed by atoms with E-state index in [1.165, 1.54) is 13.4 Å². The van der Waals surface area contributed by atoms with Crippen molar-refractivity contribution < 1.29 is 14.3 Å². The second-order valence-corrected chi connectivity index (χ2v) is 3.66. The van der Waals surface area contributed by atoms with Crippen molar-refractivity contribution in [2.75, 3.05) is 7.11 Å². The summed E-state index contributed by atoms with van der Waals surface area (Å²) < 4.78 is 4.83. The van der Waals surface area contributed by atoms with Gasteiger partial charge in [0.2, 0.25) is 5.91 Å². The zero-order valence-corrected chi connectivity index (χ0v) is 9.21. The SMILES string of the molecule is CC/C(=C\OC)C(=O)C[C@@H]1CCC(=O)N1. The molecule has 1 aliphatic rings. The Hall–Kier alpha value is -1.32. The molecule has 0 unspecified atom stereocenters. The molecule has 0 aromatic carbocycles. The maximum Gasteiger partial charge on any atom is 0.220 e. The summed E-state index contributed by atoms with van der Waals surface area (Å²) in [6.07, 6.45) is 3.82. The molecule has 1 heterocycles. The number of methoxy groups -OCH3 is 1. The van der Waals surface area contributed by atoms with Crippen LogP contribution in [-0.4, -0.2) is 24.8 Å². The van der Waals surface area contributed by atoms with E-state index in [4.69, 9.17) is 4.74 Å². The first-order chi connectivity index (χ1) is 7.17. The molecule has 0 aromatic heterocycles. The summed E-state index contributed by atoms with van der Waals surface area (Å²) in [5, 5.41) is 2.78. The maximum atomic E-state index is 11.7. The molecule has 1 rings (SSSR count). The van der Waals surface area contributed by atoms with Crippen molar-refractivity contribution in [3.05, 3.63) is 11.8 Å². The molecule has 4 nitrogen and oxygen atoms in total.